The molecule has 0 amide bonds. The lowest BCUT2D eigenvalue weighted by atomic mass is 10.1. The zero-order valence-corrected chi connectivity index (χ0v) is 11.4. The van der Waals surface area contributed by atoms with Crippen LogP contribution in [-0.2, 0) is 11.2 Å². The van der Waals surface area contributed by atoms with E-state index >= 15 is 0 Å². The van der Waals surface area contributed by atoms with Crippen molar-refractivity contribution in [2.24, 2.45) is 0 Å². The van der Waals surface area contributed by atoms with Gasteiger partial charge in [0, 0.05) is 6.61 Å². The van der Waals surface area contributed by atoms with E-state index < -0.39 is 25.1 Å². The molecule has 7 heteroatoms. The van der Waals surface area contributed by atoms with Crippen molar-refractivity contribution in [2.45, 2.75) is 32.0 Å². The predicted octanol–water partition coefficient (Wildman–Crippen LogP) is 2.36. The summed E-state index contributed by atoms with van der Waals surface area (Å²) < 4.78 is 35.1. The van der Waals surface area contributed by atoms with Gasteiger partial charge in [0.1, 0.15) is 12.2 Å². The van der Waals surface area contributed by atoms with Gasteiger partial charge in [0.05, 0.1) is 6.42 Å². The highest BCUT2D eigenvalue weighted by Crippen LogP contribution is 2.23. The largest absolute Gasteiger partial charge is 0.387 e. The second-order valence-corrected chi connectivity index (χ2v) is 4.40. The van der Waals surface area contributed by atoms with Gasteiger partial charge in [-0.05, 0) is 12.5 Å². The van der Waals surface area contributed by atoms with Gasteiger partial charge < -0.3 is 14.4 Å². The van der Waals surface area contributed by atoms with Crippen molar-refractivity contribution >= 4 is 0 Å². The van der Waals surface area contributed by atoms with E-state index in [-0.39, 0.29) is 11.7 Å². The Balaban J connectivity index is 2.17. The third-order valence-electron chi connectivity index (χ3n) is 2.83. The quantitative estimate of drug-likeness (QED) is 0.850. The van der Waals surface area contributed by atoms with Gasteiger partial charge in [-0.15, -0.1) is 0 Å². The molecule has 2 aromatic rings. The van der Waals surface area contributed by atoms with Crippen LogP contribution in [0.2, 0.25) is 0 Å². The van der Waals surface area contributed by atoms with E-state index in [1.807, 2.05) is 37.3 Å². The Morgan fingerprint density at radius 3 is 2.62 bits per heavy atom. The Hall–Kier alpha value is -1.86. The first-order valence-electron chi connectivity index (χ1n) is 6.57. The first-order valence-corrected chi connectivity index (χ1v) is 6.57. The van der Waals surface area contributed by atoms with Gasteiger partial charge in [-0.3, -0.25) is 0 Å². The highest BCUT2D eigenvalue weighted by molar-refractivity contribution is 5.22. The molecule has 0 saturated heterocycles. The van der Waals surface area contributed by atoms with Crippen LogP contribution in [0.3, 0.4) is 0 Å². The van der Waals surface area contributed by atoms with E-state index in [4.69, 9.17) is 14.4 Å². The number of nitrogens with zero attached hydrogens (tertiary/aromatic N) is 2. The maximum atomic E-state index is 12.3. The predicted molar refractivity (Wildman–Crippen MR) is 69.9 cm³/mol. The molecule has 1 N–H and O–H groups in total. The molecule has 2 rings (SSSR count). The fourth-order valence-corrected chi connectivity index (χ4v) is 1.84. The van der Waals surface area contributed by atoms with Gasteiger partial charge in [-0.2, -0.15) is 4.98 Å². The minimum absolute atomic E-state index is 0.0431. The molecule has 1 aromatic heterocycles. The maximum Gasteiger partial charge on any atom is 0.264 e. The summed E-state index contributed by atoms with van der Waals surface area (Å²) in [7, 11) is 0. The van der Waals surface area contributed by atoms with Crippen molar-refractivity contribution in [2.75, 3.05) is 6.61 Å². The summed E-state index contributed by atoms with van der Waals surface area (Å²) in [5, 5.41) is 12.9. The molecule has 0 fully saturated rings. The summed E-state index contributed by atoms with van der Waals surface area (Å²) in [4.78, 5) is 4.03. The topological polar surface area (TPSA) is 68.4 Å². The number of hydrogen-bond donors (Lipinski definition) is 1. The lowest BCUT2D eigenvalue weighted by Gasteiger charge is -2.13. The van der Waals surface area contributed by atoms with Crippen LogP contribution in [0.25, 0.3) is 0 Å². The monoisotopic (exact) mass is 298 g/mol. The zero-order chi connectivity index (χ0) is 15.2. The third-order valence-corrected chi connectivity index (χ3v) is 2.83. The molecular weight excluding hydrogens is 282 g/mol. The van der Waals surface area contributed by atoms with E-state index in [0.717, 1.165) is 5.56 Å². The van der Waals surface area contributed by atoms with Crippen LogP contribution >= 0.6 is 0 Å². The fraction of sp³-hybridized carbons (Fsp3) is 0.429. The van der Waals surface area contributed by atoms with Crippen molar-refractivity contribution in [1.29, 1.82) is 0 Å². The van der Waals surface area contributed by atoms with Crippen LogP contribution in [0.1, 0.15) is 30.3 Å². The van der Waals surface area contributed by atoms with Crippen LogP contribution in [0.15, 0.2) is 34.9 Å². The first-order chi connectivity index (χ1) is 10.1. The van der Waals surface area contributed by atoms with Crippen LogP contribution in [0.5, 0.6) is 0 Å². The van der Waals surface area contributed by atoms with Crippen molar-refractivity contribution in [3.05, 3.63) is 47.6 Å². The maximum absolute atomic E-state index is 12.3. The van der Waals surface area contributed by atoms with Gasteiger partial charge in [-0.25, -0.2) is 8.78 Å². The van der Waals surface area contributed by atoms with E-state index in [1.165, 1.54) is 0 Å². The Kier molecular flexibility index (Phi) is 5.35. The SMILES string of the molecule is CCOC(c1ccccc1)c1noc(CC(O)C(F)F)n1. The summed E-state index contributed by atoms with van der Waals surface area (Å²) in [6, 6.07) is 9.27. The lowest BCUT2D eigenvalue weighted by Crippen LogP contribution is -2.20. The molecule has 0 bridgehead atoms. The van der Waals surface area contributed by atoms with E-state index in [1.54, 1.807) is 0 Å². The minimum Gasteiger partial charge on any atom is -0.387 e. The van der Waals surface area contributed by atoms with Crippen LogP contribution in [0.4, 0.5) is 8.78 Å². The molecule has 21 heavy (non-hydrogen) atoms. The second kappa shape index (κ2) is 7.24. The molecule has 114 valence electrons. The molecule has 0 aliphatic carbocycles. The molecule has 0 spiro atoms. The molecule has 2 atom stereocenters. The van der Waals surface area contributed by atoms with Gasteiger partial charge in [-0.1, -0.05) is 35.5 Å². The van der Waals surface area contributed by atoms with Crippen molar-refractivity contribution in [1.82, 2.24) is 10.1 Å². The molecule has 0 radical (unpaired) electrons. The normalized spacial score (nSPS) is 14.3. The Bertz CT molecular complexity index is 548. The fourth-order valence-electron chi connectivity index (χ4n) is 1.84. The van der Waals surface area contributed by atoms with Crippen LogP contribution < -0.4 is 0 Å². The number of benzene rings is 1. The number of aliphatic hydroxyl groups excluding tert-OH is 1. The molecule has 1 heterocycles. The van der Waals surface area contributed by atoms with Crippen LogP contribution in [-0.4, -0.2) is 34.4 Å². The van der Waals surface area contributed by atoms with Crippen molar-refractivity contribution in [3.63, 3.8) is 0 Å². The molecule has 0 aliphatic rings. The highest BCUT2D eigenvalue weighted by atomic mass is 19.3. The van der Waals surface area contributed by atoms with Gasteiger partial charge >= 0.3 is 0 Å². The van der Waals surface area contributed by atoms with Crippen molar-refractivity contribution in [3.8, 4) is 0 Å². The second-order valence-electron chi connectivity index (χ2n) is 4.40. The van der Waals surface area contributed by atoms with Gasteiger partial charge in [0.2, 0.25) is 11.7 Å². The lowest BCUT2D eigenvalue weighted by molar-refractivity contribution is -0.00754. The molecule has 0 saturated carbocycles. The Morgan fingerprint density at radius 1 is 1.29 bits per heavy atom. The number of hydrogen-bond acceptors (Lipinski definition) is 5. The standard InChI is InChI=1S/C14H16F2N2O3/c1-2-20-12(9-6-4-3-5-7-9)14-17-11(21-18-14)8-10(19)13(15)16/h3-7,10,12-13,19H,2,8H2,1H3. The number of aromatic nitrogens is 2. The zero-order valence-electron chi connectivity index (χ0n) is 11.4. The third kappa shape index (κ3) is 4.05. The molecule has 5 nitrogen and oxygen atoms in total. The summed E-state index contributed by atoms with van der Waals surface area (Å²) in [6.45, 7) is 2.26. The number of ether oxygens (including phenoxy) is 1. The van der Waals surface area contributed by atoms with E-state index in [2.05, 4.69) is 10.1 Å². The molecular formula is C14H16F2N2O3. The summed E-state index contributed by atoms with van der Waals surface area (Å²) in [6.07, 6.45) is -5.59. The number of halogens is 2. The average Bonchev–Trinajstić information content (AvgIpc) is 2.93. The molecule has 2 unspecified atom stereocenters. The van der Waals surface area contributed by atoms with E-state index in [0.29, 0.717) is 6.61 Å². The van der Waals surface area contributed by atoms with Crippen LogP contribution in [0, 0.1) is 0 Å². The molecule has 1 aromatic carbocycles. The van der Waals surface area contributed by atoms with Gasteiger partial charge in [0.25, 0.3) is 6.43 Å². The Morgan fingerprint density at radius 2 is 2.00 bits per heavy atom. The first kappa shape index (κ1) is 15.5. The van der Waals surface area contributed by atoms with Gasteiger partial charge in [0.15, 0.2) is 0 Å². The molecule has 0 aliphatic heterocycles. The number of rotatable bonds is 7. The smallest absolute Gasteiger partial charge is 0.264 e. The minimum atomic E-state index is -2.85. The van der Waals surface area contributed by atoms with E-state index in [9.17, 15) is 8.78 Å². The summed E-state index contributed by atoms with van der Waals surface area (Å²) in [5.41, 5.74) is 0.834. The highest BCUT2D eigenvalue weighted by Gasteiger charge is 2.24. The summed E-state index contributed by atoms with van der Waals surface area (Å²) in [5.74, 6) is 0.206. The number of aliphatic hydroxyl groups is 1. The number of alkyl halides is 2. The van der Waals surface area contributed by atoms with Crippen molar-refractivity contribution < 1.29 is 23.1 Å². The average molecular weight is 298 g/mol. The summed E-state index contributed by atoms with van der Waals surface area (Å²) >= 11 is 0. The Labute approximate surface area is 120 Å².